The van der Waals surface area contributed by atoms with Gasteiger partial charge in [-0.2, -0.15) is 0 Å². The summed E-state index contributed by atoms with van der Waals surface area (Å²) >= 11 is 0. The highest BCUT2D eigenvalue weighted by Crippen LogP contribution is 1.95. The second kappa shape index (κ2) is 7.06. The van der Waals surface area contributed by atoms with E-state index in [2.05, 4.69) is 17.2 Å². The van der Waals surface area contributed by atoms with Crippen molar-refractivity contribution < 1.29 is 4.79 Å². The van der Waals surface area contributed by atoms with Gasteiger partial charge in [-0.25, -0.2) is 4.98 Å². The average Bonchev–Trinajstić information content (AvgIpc) is 2.76. The van der Waals surface area contributed by atoms with Crippen molar-refractivity contribution in [2.45, 2.75) is 32.4 Å². The summed E-state index contributed by atoms with van der Waals surface area (Å²) in [5, 5.41) is 3.40. The Balaban J connectivity index is 2.08. The van der Waals surface area contributed by atoms with Gasteiger partial charge in [0.15, 0.2) is 0 Å². The molecule has 1 aromatic heterocycles. The zero-order chi connectivity index (χ0) is 12.7. The Kier molecular flexibility index (Phi) is 5.69. The minimum Gasteiger partial charge on any atom is -0.349 e. The van der Waals surface area contributed by atoms with E-state index in [1.54, 1.807) is 25.2 Å². The van der Waals surface area contributed by atoms with Gasteiger partial charge in [0.05, 0.1) is 6.33 Å². The van der Waals surface area contributed by atoms with Gasteiger partial charge in [0.25, 0.3) is 0 Å². The number of carbonyl (C=O) groups excluding carboxylic acids is 1. The van der Waals surface area contributed by atoms with Gasteiger partial charge >= 0.3 is 0 Å². The molecule has 0 saturated carbocycles. The zero-order valence-electron chi connectivity index (χ0n) is 10.9. The van der Waals surface area contributed by atoms with Crippen molar-refractivity contribution in [3.63, 3.8) is 0 Å². The van der Waals surface area contributed by atoms with Crippen molar-refractivity contribution in [3.8, 4) is 0 Å². The number of imidazole rings is 1. The number of nitrogens with one attached hydrogen (secondary N) is 1. The first-order valence-corrected chi connectivity index (χ1v) is 5.99. The molecule has 0 aromatic carbocycles. The fourth-order valence-corrected chi connectivity index (χ4v) is 1.59. The topological polar surface area (TPSA) is 50.2 Å². The van der Waals surface area contributed by atoms with Gasteiger partial charge in [-0.3, -0.25) is 4.79 Å². The van der Waals surface area contributed by atoms with Gasteiger partial charge in [-0.05, 0) is 19.9 Å². The smallest absolute Gasteiger partial charge is 0.222 e. The third kappa shape index (κ3) is 5.49. The molecule has 0 bridgehead atoms. The molecule has 0 spiro atoms. The maximum Gasteiger partial charge on any atom is 0.222 e. The summed E-state index contributed by atoms with van der Waals surface area (Å²) in [6, 6.07) is 0.388. The maximum absolute atomic E-state index is 11.3. The Morgan fingerprint density at radius 2 is 2.29 bits per heavy atom. The van der Waals surface area contributed by atoms with Gasteiger partial charge in [-0.15, -0.1) is 0 Å². The van der Waals surface area contributed by atoms with Gasteiger partial charge in [0, 0.05) is 45.5 Å². The van der Waals surface area contributed by atoms with Crippen LogP contribution in [0, 0.1) is 0 Å². The SMILES string of the molecule is CC(Cn1ccnc1)NCCCC(=O)N(C)C. The molecule has 1 amide bonds. The Hall–Kier alpha value is -1.36. The Morgan fingerprint density at radius 3 is 2.88 bits per heavy atom. The highest BCUT2D eigenvalue weighted by Gasteiger charge is 2.05. The summed E-state index contributed by atoms with van der Waals surface area (Å²) in [5.74, 6) is 0.189. The second-order valence-corrected chi connectivity index (χ2v) is 4.51. The molecule has 0 aliphatic rings. The molecule has 0 fully saturated rings. The largest absolute Gasteiger partial charge is 0.349 e. The van der Waals surface area contributed by atoms with Crippen LogP contribution in [-0.2, 0) is 11.3 Å². The number of carbonyl (C=O) groups is 1. The molecule has 96 valence electrons. The fourth-order valence-electron chi connectivity index (χ4n) is 1.59. The van der Waals surface area contributed by atoms with Crippen LogP contribution in [0.4, 0.5) is 0 Å². The van der Waals surface area contributed by atoms with Crippen LogP contribution in [0.1, 0.15) is 19.8 Å². The van der Waals surface area contributed by atoms with Crippen molar-refractivity contribution in [1.29, 1.82) is 0 Å². The van der Waals surface area contributed by atoms with E-state index in [0.29, 0.717) is 12.5 Å². The van der Waals surface area contributed by atoms with Crippen LogP contribution in [0.2, 0.25) is 0 Å². The lowest BCUT2D eigenvalue weighted by atomic mass is 10.2. The first kappa shape index (κ1) is 13.7. The average molecular weight is 238 g/mol. The summed E-state index contributed by atoms with van der Waals surface area (Å²) in [4.78, 5) is 17.0. The first-order chi connectivity index (χ1) is 8.09. The highest BCUT2D eigenvalue weighted by atomic mass is 16.2. The first-order valence-electron chi connectivity index (χ1n) is 5.99. The standard InChI is InChI=1S/C12H22N4O/c1-11(9-16-8-7-13-10-16)14-6-4-5-12(17)15(2)3/h7-8,10-11,14H,4-6,9H2,1-3H3. The van der Waals surface area contributed by atoms with E-state index in [4.69, 9.17) is 0 Å². The third-order valence-corrected chi connectivity index (χ3v) is 2.60. The molecule has 1 rings (SSSR count). The van der Waals surface area contributed by atoms with Crippen LogP contribution in [0.3, 0.4) is 0 Å². The second-order valence-electron chi connectivity index (χ2n) is 4.51. The summed E-state index contributed by atoms with van der Waals surface area (Å²) < 4.78 is 2.04. The van der Waals surface area contributed by atoms with Crippen molar-refractivity contribution >= 4 is 5.91 Å². The van der Waals surface area contributed by atoms with Crippen LogP contribution in [-0.4, -0.2) is 47.0 Å². The van der Waals surface area contributed by atoms with Crippen LogP contribution >= 0.6 is 0 Å². The van der Waals surface area contributed by atoms with Crippen LogP contribution in [0.25, 0.3) is 0 Å². The number of rotatable bonds is 7. The molecule has 1 heterocycles. The van der Waals surface area contributed by atoms with E-state index in [1.165, 1.54) is 0 Å². The monoisotopic (exact) mass is 238 g/mol. The molecule has 0 radical (unpaired) electrons. The van der Waals surface area contributed by atoms with E-state index in [-0.39, 0.29) is 5.91 Å². The minimum atomic E-state index is 0.189. The molecule has 1 N–H and O–H groups in total. The molecule has 1 atom stereocenters. The molecule has 0 aliphatic carbocycles. The van der Waals surface area contributed by atoms with Crippen molar-refractivity contribution in [2.75, 3.05) is 20.6 Å². The minimum absolute atomic E-state index is 0.189. The summed E-state index contributed by atoms with van der Waals surface area (Å²) in [5.41, 5.74) is 0. The zero-order valence-corrected chi connectivity index (χ0v) is 10.9. The van der Waals surface area contributed by atoms with Crippen LogP contribution in [0.5, 0.6) is 0 Å². The molecule has 17 heavy (non-hydrogen) atoms. The van der Waals surface area contributed by atoms with Gasteiger partial charge in [-0.1, -0.05) is 0 Å². The molecule has 0 aliphatic heterocycles. The van der Waals surface area contributed by atoms with Crippen molar-refractivity contribution in [2.24, 2.45) is 0 Å². The lowest BCUT2D eigenvalue weighted by Gasteiger charge is -2.15. The van der Waals surface area contributed by atoms with Gasteiger partial charge < -0.3 is 14.8 Å². The lowest BCUT2D eigenvalue weighted by molar-refractivity contribution is -0.128. The molecule has 5 nitrogen and oxygen atoms in total. The molecule has 0 saturated heterocycles. The number of amides is 1. The predicted molar refractivity (Wildman–Crippen MR) is 67.6 cm³/mol. The predicted octanol–water partition coefficient (Wildman–Crippen LogP) is 0.730. The highest BCUT2D eigenvalue weighted by molar-refractivity contribution is 5.75. The lowest BCUT2D eigenvalue weighted by Crippen LogP contribution is -2.31. The Bertz CT molecular complexity index is 321. The Morgan fingerprint density at radius 1 is 1.53 bits per heavy atom. The summed E-state index contributed by atoms with van der Waals surface area (Å²) in [7, 11) is 3.58. The maximum atomic E-state index is 11.3. The van der Waals surface area contributed by atoms with E-state index in [0.717, 1.165) is 19.5 Å². The van der Waals surface area contributed by atoms with E-state index in [9.17, 15) is 4.79 Å². The quantitative estimate of drug-likeness (QED) is 0.712. The number of hydrogen-bond acceptors (Lipinski definition) is 3. The molecular formula is C12H22N4O. The molecule has 1 aromatic rings. The normalized spacial score (nSPS) is 12.4. The van der Waals surface area contributed by atoms with Crippen LogP contribution < -0.4 is 5.32 Å². The van der Waals surface area contributed by atoms with E-state index >= 15 is 0 Å². The van der Waals surface area contributed by atoms with Crippen molar-refractivity contribution in [3.05, 3.63) is 18.7 Å². The Labute approximate surface area is 103 Å². The number of hydrogen-bond donors (Lipinski definition) is 1. The molecule has 5 heteroatoms. The number of nitrogens with zero attached hydrogens (tertiary/aromatic N) is 3. The van der Waals surface area contributed by atoms with Gasteiger partial charge in [0.1, 0.15) is 0 Å². The fraction of sp³-hybridized carbons (Fsp3) is 0.667. The number of aromatic nitrogens is 2. The van der Waals surface area contributed by atoms with Crippen molar-refractivity contribution in [1.82, 2.24) is 19.8 Å². The van der Waals surface area contributed by atoms with E-state index < -0.39 is 0 Å². The van der Waals surface area contributed by atoms with Gasteiger partial charge in [0.2, 0.25) is 5.91 Å². The summed E-state index contributed by atoms with van der Waals surface area (Å²) in [6.45, 7) is 3.91. The third-order valence-electron chi connectivity index (χ3n) is 2.60. The van der Waals surface area contributed by atoms with Crippen LogP contribution in [0.15, 0.2) is 18.7 Å². The summed E-state index contributed by atoms with van der Waals surface area (Å²) in [6.07, 6.45) is 7.03. The molecule has 1 unspecified atom stereocenters. The molecular weight excluding hydrogens is 216 g/mol. The van der Waals surface area contributed by atoms with E-state index in [1.807, 2.05) is 17.1 Å².